The van der Waals surface area contributed by atoms with Crippen molar-refractivity contribution in [3.63, 3.8) is 0 Å². The molecule has 0 aromatic carbocycles. The maximum Gasteiger partial charge on any atom is 0.191 e. The maximum absolute atomic E-state index is 6.08. The highest BCUT2D eigenvalue weighted by molar-refractivity contribution is 7.16. The van der Waals surface area contributed by atoms with Gasteiger partial charge in [0.05, 0.1) is 15.6 Å². The molecule has 2 N–H and O–H groups in total. The molecule has 0 atom stereocenters. The van der Waals surface area contributed by atoms with Gasteiger partial charge in [0, 0.05) is 36.3 Å². The van der Waals surface area contributed by atoms with E-state index in [0.717, 1.165) is 36.8 Å². The Morgan fingerprint density at radius 3 is 2.86 bits per heavy atom. The zero-order valence-corrected chi connectivity index (χ0v) is 14.6. The predicted molar refractivity (Wildman–Crippen MR) is 95.8 cm³/mol. The van der Waals surface area contributed by atoms with Crippen LogP contribution in [0.2, 0.25) is 0 Å². The van der Waals surface area contributed by atoms with E-state index in [9.17, 15) is 0 Å². The summed E-state index contributed by atoms with van der Waals surface area (Å²) in [5, 5.41) is 3.24. The number of piperidine rings is 1. The molecule has 2 aromatic heterocycles. The molecule has 0 saturated carbocycles. The Bertz CT molecular complexity index is 638. The SMILES string of the molecule is Cc1nc(-c2ccc(CCN=C(N)N3CCCCC3)s2)cs1. The van der Waals surface area contributed by atoms with Crippen molar-refractivity contribution in [2.24, 2.45) is 10.7 Å². The van der Waals surface area contributed by atoms with Gasteiger partial charge in [0.1, 0.15) is 0 Å². The Morgan fingerprint density at radius 1 is 1.32 bits per heavy atom. The normalized spacial score (nSPS) is 16.2. The lowest BCUT2D eigenvalue weighted by atomic mass is 10.1. The minimum absolute atomic E-state index is 0.714. The van der Waals surface area contributed by atoms with Crippen molar-refractivity contribution in [2.45, 2.75) is 32.6 Å². The standard InChI is InChI=1S/C16H22N4S2/c1-12-19-14(11-21-12)15-6-5-13(22-15)7-8-18-16(17)20-9-3-2-4-10-20/h5-6,11H,2-4,7-10H2,1H3,(H2,17,18). The highest BCUT2D eigenvalue weighted by Gasteiger charge is 2.11. The van der Waals surface area contributed by atoms with Crippen LogP contribution in [-0.4, -0.2) is 35.5 Å². The van der Waals surface area contributed by atoms with E-state index in [2.05, 4.69) is 32.4 Å². The van der Waals surface area contributed by atoms with Crippen LogP contribution < -0.4 is 5.73 Å². The molecular formula is C16H22N4S2. The Morgan fingerprint density at radius 2 is 2.14 bits per heavy atom. The fourth-order valence-corrected chi connectivity index (χ4v) is 4.27. The minimum atomic E-state index is 0.714. The van der Waals surface area contributed by atoms with Crippen molar-refractivity contribution >= 4 is 28.6 Å². The molecule has 2 aromatic rings. The summed E-state index contributed by atoms with van der Waals surface area (Å²) in [6.45, 7) is 4.92. The van der Waals surface area contributed by atoms with Gasteiger partial charge in [0.2, 0.25) is 0 Å². The second-order valence-electron chi connectivity index (χ2n) is 5.56. The average molecular weight is 335 g/mol. The third-order valence-electron chi connectivity index (χ3n) is 3.85. The summed E-state index contributed by atoms with van der Waals surface area (Å²) < 4.78 is 0. The van der Waals surface area contributed by atoms with Gasteiger partial charge in [-0.05, 0) is 38.3 Å². The molecule has 0 unspecified atom stereocenters. The predicted octanol–water partition coefficient (Wildman–Crippen LogP) is 3.52. The minimum Gasteiger partial charge on any atom is -0.370 e. The van der Waals surface area contributed by atoms with Crippen LogP contribution in [0, 0.1) is 6.92 Å². The monoisotopic (exact) mass is 334 g/mol. The van der Waals surface area contributed by atoms with Crippen molar-refractivity contribution < 1.29 is 0 Å². The Balaban J connectivity index is 1.54. The third kappa shape index (κ3) is 3.87. The van der Waals surface area contributed by atoms with Crippen LogP contribution >= 0.6 is 22.7 Å². The number of aliphatic imine (C=N–C) groups is 1. The second kappa shape index (κ2) is 7.24. The number of aromatic nitrogens is 1. The van der Waals surface area contributed by atoms with Crippen LogP contribution in [0.15, 0.2) is 22.5 Å². The molecule has 0 aliphatic carbocycles. The number of thiophene rings is 1. The first-order valence-corrected chi connectivity index (χ1v) is 9.48. The summed E-state index contributed by atoms with van der Waals surface area (Å²) in [4.78, 5) is 13.9. The number of hydrogen-bond donors (Lipinski definition) is 1. The second-order valence-corrected chi connectivity index (χ2v) is 7.79. The van der Waals surface area contributed by atoms with E-state index < -0.39 is 0 Å². The summed E-state index contributed by atoms with van der Waals surface area (Å²) in [7, 11) is 0. The topological polar surface area (TPSA) is 54.5 Å². The summed E-state index contributed by atoms with van der Waals surface area (Å²) in [5.41, 5.74) is 7.17. The quantitative estimate of drug-likeness (QED) is 0.687. The van der Waals surface area contributed by atoms with Gasteiger partial charge in [0.25, 0.3) is 0 Å². The molecule has 1 fully saturated rings. The highest BCUT2D eigenvalue weighted by atomic mass is 32.1. The number of thiazole rings is 1. The number of aryl methyl sites for hydroxylation is 1. The number of nitrogens with zero attached hydrogens (tertiary/aromatic N) is 3. The number of guanidine groups is 1. The van der Waals surface area contributed by atoms with Gasteiger partial charge in [-0.25, -0.2) is 4.98 Å². The van der Waals surface area contributed by atoms with Crippen LogP contribution in [0.5, 0.6) is 0 Å². The van der Waals surface area contributed by atoms with Crippen molar-refractivity contribution in [1.82, 2.24) is 9.88 Å². The van der Waals surface area contributed by atoms with Gasteiger partial charge >= 0.3 is 0 Å². The molecule has 6 heteroatoms. The van der Waals surface area contributed by atoms with E-state index in [1.807, 2.05) is 18.3 Å². The lowest BCUT2D eigenvalue weighted by molar-refractivity contribution is 0.338. The van der Waals surface area contributed by atoms with Crippen molar-refractivity contribution in [3.05, 3.63) is 27.4 Å². The molecule has 1 aliphatic rings. The van der Waals surface area contributed by atoms with E-state index in [1.165, 1.54) is 29.0 Å². The first-order chi connectivity index (χ1) is 10.7. The molecule has 0 radical (unpaired) electrons. The van der Waals surface area contributed by atoms with Gasteiger partial charge in [-0.2, -0.15) is 0 Å². The maximum atomic E-state index is 6.08. The summed E-state index contributed by atoms with van der Waals surface area (Å²) >= 11 is 3.50. The lowest BCUT2D eigenvalue weighted by Crippen LogP contribution is -2.41. The molecule has 1 aliphatic heterocycles. The fraction of sp³-hybridized carbons (Fsp3) is 0.500. The molecule has 0 bridgehead atoms. The molecule has 3 heterocycles. The van der Waals surface area contributed by atoms with Gasteiger partial charge in [-0.15, -0.1) is 22.7 Å². The largest absolute Gasteiger partial charge is 0.370 e. The number of nitrogens with two attached hydrogens (primary N) is 1. The van der Waals surface area contributed by atoms with Crippen LogP contribution in [0.4, 0.5) is 0 Å². The zero-order chi connectivity index (χ0) is 15.4. The first-order valence-electron chi connectivity index (χ1n) is 7.78. The number of hydrogen-bond acceptors (Lipinski definition) is 4. The van der Waals surface area contributed by atoms with Gasteiger partial charge in [0.15, 0.2) is 5.96 Å². The molecule has 0 spiro atoms. The van der Waals surface area contributed by atoms with Crippen LogP contribution in [0.1, 0.15) is 29.1 Å². The summed E-state index contributed by atoms with van der Waals surface area (Å²) in [6, 6.07) is 4.34. The molecular weight excluding hydrogens is 312 g/mol. The van der Waals surface area contributed by atoms with Gasteiger partial charge in [-0.1, -0.05) is 0 Å². The van der Waals surface area contributed by atoms with Crippen molar-refractivity contribution in [3.8, 4) is 10.6 Å². The molecule has 0 amide bonds. The zero-order valence-electron chi connectivity index (χ0n) is 12.9. The molecule has 1 saturated heterocycles. The van der Waals surface area contributed by atoms with Crippen LogP contribution in [0.3, 0.4) is 0 Å². The van der Waals surface area contributed by atoms with Crippen molar-refractivity contribution in [1.29, 1.82) is 0 Å². The number of rotatable bonds is 4. The van der Waals surface area contributed by atoms with E-state index in [4.69, 9.17) is 5.73 Å². The van der Waals surface area contributed by atoms with Crippen LogP contribution in [0.25, 0.3) is 10.6 Å². The van der Waals surface area contributed by atoms with Crippen molar-refractivity contribution in [2.75, 3.05) is 19.6 Å². The van der Waals surface area contributed by atoms with E-state index >= 15 is 0 Å². The lowest BCUT2D eigenvalue weighted by Gasteiger charge is -2.27. The summed E-state index contributed by atoms with van der Waals surface area (Å²) in [6.07, 6.45) is 4.73. The van der Waals surface area contributed by atoms with E-state index in [1.54, 1.807) is 11.3 Å². The van der Waals surface area contributed by atoms with E-state index in [0.29, 0.717) is 5.96 Å². The Kier molecular flexibility index (Phi) is 5.10. The molecule has 3 rings (SSSR count). The first kappa shape index (κ1) is 15.5. The van der Waals surface area contributed by atoms with E-state index in [-0.39, 0.29) is 0 Å². The fourth-order valence-electron chi connectivity index (χ4n) is 2.63. The molecule has 118 valence electrons. The molecule has 4 nitrogen and oxygen atoms in total. The summed E-state index contributed by atoms with van der Waals surface area (Å²) in [5.74, 6) is 0.714. The average Bonchev–Trinajstić information content (AvgIpc) is 3.17. The van der Waals surface area contributed by atoms with Gasteiger partial charge in [-0.3, -0.25) is 4.99 Å². The van der Waals surface area contributed by atoms with Gasteiger partial charge < -0.3 is 10.6 Å². The number of likely N-dealkylation sites (tertiary alicyclic amines) is 1. The smallest absolute Gasteiger partial charge is 0.191 e. The third-order valence-corrected chi connectivity index (χ3v) is 5.79. The Labute approximate surface area is 139 Å². The molecule has 22 heavy (non-hydrogen) atoms. The Hall–Kier alpha value is -1.40. The highest BCUT2D eigenvalue weighted by Crippen LogP contribution is 2.29. The van der Waals surface area contributed by atoms with Crippen LogP contribution in [-0.2, 0) is 6.42 Å².